The van der Waals surface area contributed by atoms with Crippen molar-refractivity contribution in [2.75, 3.05) is 39.3 Å². The third kappa shape index (κ3) is 3.89. The number of likely N-dealkylation sites (N-methyl/N-ethyl adjacent to an activating group) is 2. The van der Waals surface area contributed by atoms with Crippen molar-refractivity contribution in [2.24, 2.45) is 0 Å². The van der Waals surface area contributed by atoms with Crippen LogP contribution in [-0.2, 0) is 0 Å². The van der Waals surface area contributed by atoms with Gasteiger partial charge < -0.3 is 0 Å². The lowest BCUT2D eigenvalue weighted by Crippen LogP contribution is -2.29. The van der Waals surface area contributed by atoms with Crippen LogP contribution in [0, 0.1) is 0 Å². The summed E-state index contributed by atoms with van der Waals surface area (Å²) in [5, 5.41) is 2.13. The molecule has 0 amide bonds. The second-order valence-electron chi connectivity index (χ2n) is 8.42. The summed E-state index contributed by atoms with van der Waals surface area (Å²) in [6.07, 6.45) is 0. The van der Waals surface area contributed by atoms with Gasteiger partial charge >= 0.3 is 0 Å². The van der Waals surface area contributed by atoms with E-state index in [1.165, 1.54) is 0 Å². The molecule has 1 aliphatic carbocycles. The molecule has 0 atom stereocenters. The number of carbonyl (C=O) groups excluding carboxylic acids is 2. The molecule has 0 N–H and O–H groups in total. The third-order valence-electron chi connectivity index (χ3n) is 6.79. The molecule has 0 spiro atoms. The summed E-state index contributed by atoms with van der Waals surface area (Å²) in [7, 11) is 0. The second kappa shape index (κ2) is 9.35. The maximum atomic E-state index is 13.1. The van der Waals surface area contributed by atoms with E-state index in [-0.39, 0.29) is 11.6 Å². The number of rotatable bonds is 10. The van der Waals surface area contributed by atoms with Gasteiger partial charge in [-0.15, -0.1) is 0 Å². The van der Waals surface area contributed by atoms with Crippen molar-refractivity contribution in [3.05, 3.63) is 59.7 Å². The minimum Gasteiger partial charge on any atom is -0.296 e. The molecule has 166 valence electrons. The van der Waals surface area contributed by atoms with E-state index in [9.17, 15) is 9.59 Å². The molecule has 0 radical (unpaired) electrons. The van der Waals surface area contributed by atoms with Crippen molar-refractivity contribution in [1.82, 2.24) is 9.80 Å². The van der Waals surface area contributed by atoms with Gasteiger partial charge in [0.25, 0.3) is 0 Å². The Hall–Kier alpha value is -2.82. The Morgan fingerprint density at radius 1 is 0.656 bits per heavy atom. The zero-order valence-electron chi connectivity index (χ0n) is 19.6. The first-order valence-corrected chi connectivity index (χ1v) is 11.7. The Morgan fingerprint density at radius 3 is 1.91 bits per heavy atom. The Kier molecular flexibility index (Phi) is 6.54. The molecule has 0 unspecified atom stereocenters. The fourth-order valence-corrected chi connectivity index (χ4v) is 4.75. The van der Waals surface area contributed by atoms with Crippen LogP contribution < -0.4 is 0 Å². The van der Waals surface area contributed by atoms with E-state index in [1.54, 1.807) is 0 Å². The number of fused-ring (bicyclic) bond motifs is 3. The van der Waals surface area contributed by atoms with Gasteiger partial charge in [-0.3, -0.25) is 19.4 Å². The lowest BCUT2D eigenvalue weighted by Gasteiger charge is -2.17. The standard InChI is InChI=1S/C28H32N2O2/c1-5-29(6-2)17-26(31)19-12-13-20-22-10-9-11-23-21(27(32)18-30(7-3)8-4)14-15-24(28(22)23)25(20)16-19/h9-16H,5-8,17-18H2,1-4H3. The summed E-state index contributed by atoms with van der Waals surface area (Å²) in [4.78, 5) is 30.3. The van der Waals surface area contributed by atoms with Crippen molar-refractivity contribution >= 4 is 22.3 Å². The van der Waals surface area contributed by atoms with Crippen LogP contribution in [0.25, 0.3) is 33.0 Å². The molecule has 0 aromatic heterocycles. The van der Waals surface area contributed by atoms with Crippen LogP contribution in [-0.4, -0.2) is 60.6 Å². The molecular formula is C28H32N2O2. The van der Waals surface area contributed by atoms with Crippen molar-refractivity contribution in [3.8, 4) is 22.3 Å². The minimum atomic E-state index is 0.148. The highest BCUT2D eigenvalue weighted by molar-refractivity contribution is 6.21. The fraction of sp³-hybridized carbons (Fsp3) is 0.357. The molecule has 0 fully saturated rings. The summed E-state index contributed by atoms with van der Waals surface area (Å²) < 4.78 is 0. The monoisotopic (exact) mass is 428 g/mol. The first-order valence-electron chi connectivity index (χ1n) is 11.7. The summed E-state index contributed by atoms with van der Waals surface area (Å²) >= 11 is 0. The van der Waals surface area contributed by atoms with Crippen molar-refractivity contribution in [2.45, 2.75) is 27.7 Å². The molecule has 0 bridgehead atoms. The fourth-order valence-electron chi connectivity index (χ4n) is 4.75. The molecule has 1 aliphatic rings. The summed E-state index contributed by atoms with van der Waals surface area (Å²) in [6.45, 7) is 12.6. The second-order valence-corrected chi connectivity index (χ2v) is 8.42. The highest BCUT2D eigenvalue weighted by atomic mass is 16.1. The van der Waals surface area contributed by atoms with Gasteiger partial charge in [0.15, 0.2) is 11.6 Å². The van der Waals surface area contributed by atoms with E-state index in [4.69, 9.17) is 0 Å². The number of hydrogen-bond acceptors (Lipinski definition) is 4. The topological polar surface area (TPSA) is 40.6 Å². The number of benzene rings is 3. The summed E-state index contributed by atoms with van der Waals surface area (Å²) in [5.41, 5.74) is 6.01. The summed E-state index contributed by atoms with van der Waals surface area (Å²) in [5.74, 6) is 0.304. The molecule has 3 aromatic rings. The first kappa shape index (κ1) is 22.4. The lowest BCUT2D eigenvalue weighted by atomic mass is 9.96. The van der Waals surface area contributed by atoms with Crippen LogP contribution in [0.4, 0.5) is 0 Å². The SMILES string of the molecule is CCN(CC)CC(=O)c1ccc2c(c1)-c1ccc(C(=O)CN(CC)CC)c3cccc-2c13. The Bertz CT molecular complexity index is 1170. The van der Waals surface area contributed by atoms with Gasteiger partial charge in [0, 0.05) is 11.1 Å². The minimum absolute atomic E-state index is 0.148. The largest absolute Gasteiger partial charge is 0.296 e. The van der Waals surface area contributed by atoms with E-state index < -0.39 is 0 Å². The van der Waals surface area contributed by atoms with E-state index in [1.807, 2.05) is 24.3 Å². The van der Waals surface area contributed by atoms with Gasteiger partial charge in [0.05, 0.1) is 13.1 Å². The van der Waals surface area contributed by atoms with Gasteiger partial charge in [0.1, 0.15) is 0 Å². The van der Waals surface area contributed by atoms with Gasteiger partial charge in [-0.1, -0.05) is 70.2 Å². The molecule has 0 saturated carbocycles. The first-order chi connectivity index (χ1) is 15.5. The number of nitrogens with zero attached hydrogens (tertiary/aromatic N) is 2. The highest BCUT2D eigenvalue weighted by Gasteiger charge is 2.25. The Morgan fingerprint density at radius 2 is 1.25 bits per heavy atom. The molecule has 0 heterocycles. The van der Waals surface area contributed by atoms with Crippen LogP contribution in [0.1, 0.15) is 48.4 Å². The molecule has 3 aromatic carbocycles. The van der Waals surface area contributed by atoms with E-state index in [0.717, 1.165) is 70.3 Å². The Labute approximate surface area is 190 Å². The highest BCUT2D eigenvalue weighted by Crippen LogP contribution is 2.48. The van der Waals surface area contributed by atoms with Gasteiger partial charge in [-0.25, -0.2) is 0 Å². The molecule has 32 heavy (non-hydrogen) atoms. The zero-order chi connectivity index (χ0) is 22.8. The average Bonchev–Trinajstić information content (AvgIpc) is 3.15. The van der Waals surface area contributed by atoms with Crippen molar-refractivity contribution < 1.29 is 9.59 Å². The zero-order valence-corrected chi connectivity index (χ0v) is 19.6. The van der Waals surface area contributed by atoms with Gasteiger partial charge in [-0.2, -0.15) is 0 Å². The van der Waals surface area contributed by atoms with Gasteiger partial charge in [0.2, 0.25) is 0 Å². The van der Waals surface area contributed by atoms with Crippen molar-refractivity contribution in [1.29, 1.82) is 0 Å². The summed E-state index contributed by atoms with van der Waals surface area (Å²) in [6, 6.07) is 16.3. The third-order valence-corrected chi connectivity index (χ3v) is 6.79. The molecule has 4 nitrogen and oxygen atoms in total. The maximum Gasteiger partial charge on any atom is 0.177 e. The number of ketones is 2. The molecular weight excluding hydrogens is 396 g/mol. The van der Waals surface area contributed by atoms with Crippen LogP contribution in [0.15, 0.2) is 48.5 Å². The number of Topliss-reactive ketones (excluding diaryl/α,β-unsaturated/α-hetero) is 2. The smallest absolute Gasteiger partial charge is 0.177 e. The molecule has 4 rings (SSSR count). The normalized spacial score (nSPS) is 12.1. The quantitative estimate of drug-likeness (QED) is 0.311. The lowest BCUT2D eigenvalue weighted by molar-refractivity contribution is 0.0930. The molecule has 0 saturated heterocycles. The van der Waals surface area contributed by atoms with Crippen LogP contribution >= 0.6 is 0 Å². The predicted octanol–water partition coefficient (Wildman–Crippen LogP) is 5.54. The average molecular weight is 429 g/mol. The Balaban J connectivity index is 1.74. The predicted molar refractivity (Wildman–Crippen MR) is 133 cm³/mol. The van der Waals surface area contributed by atoms with Crippen LogP contribution in [0.2, 0.25) is 0 Å². The molecule has 4 heteroatoms. The van der Waals surface area contributed by atoms with E-state index in [0.29, 0.717) is 13.1 Å². The van der Waals surface area contributed by atoms with Crippen molar-refractivity contribution in [3.63, 3.8) is 0 Å². The number of carbonyl (C=O) groups is 2. The van der Waals surface area contributed by atoms with Gasteiger partial charge in [-0.05, 0) is 65.3 Å². The van der Waals surface area contributed by atoms with Crippen LogP contribution in [0.5, 0.6) is 0 Å². The molecule has 0 aliphatic heterocycles. The van der Waals surface area contributed by atoms with E-state index in [2.05, 4.69) is 61.8 Å². The maximum absolute atomic E-state index is 13.1. The van der Waals surface area contributed by atoms with E-state index >= 15 is 0 Å². The van der Waals surface area contributed by atoms with Crippen LogP contribution in [0.3, 0.4) is 0 Å². The number of hydrogen-bond donors (Lipinski definition) is 0.